The monoisotopic (exact) mass is 242 g/mol. The van der Waals surface area contributed by atoms with Gasteiger partial charge in [-0.05, 0) is 11.0 Å². The van der Waals surface area contributed by atoms with Crippen LogP contribution in [0.3, 0.4) is 0 Å². The van der Waals surface area contributed by atoms with E-state index in [1.807, 2.05) is 13.6 Å². The molecular formula is C13H18BF3. The molecule has 4 heteroatoms. The first-order valence-corrected chi connectivity index (χ1v) is 5.75. The van der Waals surface area contributed by atoms with Gasteiger partial charge in [-0.2, -0.15) is 13.2 Å². The Kier molecular flexibility index (Phi) is 3.65. The molecule has 0 aliphatic rings. The van der Waals surface area contributed by atoms with Gasteiger partial charge >= 0.3 is 6.18 Å². The van der Waals surface area contributed by atoms with Gasteiger partial charge in [0.2, 0.25) is 0 Å². The summed E-state index contributed by atoms with van der Waals surface area (Å²) in [6, 6.07) is 4.68. The molecule has 0 saturated heterocycles. The smallest absolute Gasteiger partial charge is 0.166 e. The lowest BCUT2D eigenvalue weighted by Crippen LogP contribution is -2.28. The number of hydrogen-bond acceptors (Lipinski definition) is 0. The van der Waals surface area contributed by atoms with Gasteiger partial charge in [-0.3, -0.25) is 0 Å². The van der Waals surface area contributed by atoms with Crippen molar-refractivity contribution in [1.29, 1.82) is 0 Å². The van der Waals surface area contributed by atoms with Crippen LogP contribution < -0.4 is 5.46 Å². The molecule has 0 unspecified atom stereocenters. The molecule has 0 amide bonds. The van der Waals surface area contributed by atoms with E-state index in [1.165, 1.54) is 6.07 Å². The van der Waals surface area contributed by atoms with E-state index in [1.54, 1.807) is 32.9 Å². The van der Waals surface area contributed by atoms with Gasteiger partial charge < -0.3 is 0 Å². The van der Waals surface area contributed by atoms with Gasteiger partial charge in [0.1, 0.15) is 0 Å². The average Bonchev–Trinajstić information content (AvgIpc) is 2.14. The molecule has 0 heterocycles. The summed E-state index contributed by atoms with van der Waals surface area (Å²) < 4.78 is 39.1. The van der Waals surface area contributed by atoms with Crippen molar-refractivity contribution in [1.82, 2.24) is 0 Å². The molecule has 0 saturated carbocycles. The Morgan fingerprint density at radius 2 is 1.47 bits per heavy atom. The highest BCUT2D eigenvalue weighted by molar-refractivity contribution is 6.70. The third kappa shape index (κ3) is 3.27. The first-order chi connectivity index (χ1) is 7.53. The maximum atomic E-state index is 13.0. The van der Waals surface area contributed by atoms with Crippen LogP contribution in [0.4, 0.5) is 13.2 Å². The maximum Gasteiger partial charge on any atom is 0.416 e. The molecule has 1 rings (SSSR count). The van der Waals surface area contributed by atoms with Crippen molar-refractivity contribution in [3.63, 3.8) is 0 Å². The summed E-state index contributed by atoms with van der Waals surface area (Å²) in [5.41, 5.74) is 0.0799. The second kappa shape index (κ2) is 4.39. The predicted octanol–water partition coefficient (Wildman–Crippen LogP) is 3.96. The molecular weight excluding hydrogens is 224 g/mol. The minimum atomic E-state index is -4.28. The minimum absolute atomic E-state index is 0.102. The highest BCUT2D eigenvalue weighted by atomic mass is 19.4. The number of hydrogen-bond donors (Lipinski definition) is 0. The summed E-state index contributed by atoms with van der Waals surface area (Å²) in [7, 11) is 0. The van der Waals surface area contributed by atoms with Crippen LogP contribution in [0.1, 0.15) is 31.9 Å². The van der Waals surface area contributed by atoms with Crippen LogP contribution in [0.2, 0.25) is 13.6 Å². The molecule has 0 nitrogen and oxygen atoms in total. The fraction of sp³-hybridized carbons (Fsp3) is 0.538. The SMILES string of the molecule is CB(C)c1ccc(C(C)(C)C)c(C(F)(F)F)c1. The first-order valence-electron chi connectivity index (χ1n) is 5.75. The van der Waals surface area contributed by atoms with E-state index in [0.29, 0.717) is 5.56 Å². The molecule has 0 fully saturated rings. The third-order valence-corrected chi connectivity index (χ3v) is 2.82. The Morgan fingerprint density at radius 3 is 1.82 bits per heavy atom. The summed E-state index contributed by atoms with van der Waals surface area (Å²) in [5, 5.41) is 0. The second-order valence-electron chi connectivity index (χ2n) is 5.71. The van der Waals surface area contributed by atoms with Crippen LogP contribution in [0.5, 0.6) is 0 Å². The molecule has 0 atom stereocenters. The zero-order valence-electron chi connectivity index (χ0n) is 10.9. The van der Waals surface area contributed by atoms with E-state index < -0.39 is 17.2 Å². The van der Waals surface area contributed by atoms with Crippen LogP contribution in [-0.4, -0.2) is 6.71 Å². The van der Waals surface area contributed by atoms with Crippen molar-refractivity contribution < 1.29 is 13.2 Å². The summed E-state index contributed by atoms with van der Waals surface area (Å²) >= 11 is 0. The highest BCUT2D eigenvalue weighted by Crippen LogP contribution is 2.36. The van der Waals surface area contributed by atoms with Crippen LogP contribution >= 0.6 is 0 Å². The van der Waals surface area contributed by atoms with Crippen molar-refractivity contribution in [2.75, 3.05) is 0 Å². The minimum Gasteiger partial charge on any atom is -0.166 e. The highest BCUT2D eigenvalue weighted by Gasteiger charge is 2.36. The van der Waals surface area contributed by atoms with Gasteiger partial charge in [0, 0.05) is 0 Å². The van der Waals surface area contributed by atoms with Gasteiger partial charge in [-0.15, -0.1) is 0 Å². The van der Waals surface area contributed by atoms with E-state index in [4.69, 9.17) is 0 Å². The molecule has 1 aromatic rings. The van der Waals surface area contributed by atoms with E-state index in [2.05, 4.69) is 0 Å². The fourth-order valence-corrected chi connectivity index (χ4v) is 1.81. The lowest BCUT2D eigenvalue weighted by molar-refractivity contribution is -0.138. The second-order valence-corrected chi connectivity index (χ2v) is 5.71. The van der Waals surface area contributed by atoms with Crippen LogP contribution in [0, 0.1) is 0 Å². The van der Waals surface area contributed by atoms with Crippen molar-refractivity contribution in [2.24, 2.45) is 0 Å². The molecule has 0 aliphatic carbocycles. The summed E-state index contributed by atoms with van der Waals surface area (Å²) in [4.78, 5) is 0. The van der Waals surface area contributed by atoms with Gasteiger partial charge in [0.25, 0.3) is 0 Å². The zero-order valence-corrected chi connectivity index (χ0v) is 10.9. The van der Waals surface area contributed by atoms with Gasteiger partial charge in [0.15, 0.2) is 6.71 Å². The number of halogens is 3. The average molecular weight is 242 g/mol. The maximum absolute atomic E-state index is 13.0. The standard InChI is InChI=1S/C13H18BF3/c1-12(2,3)10-7-6-9(14(4)5)8-11(10)13(15,16)17/h6-8H,1-5H3. The molecule has 94 valence electrons. The van der Waals surface area contributed by atoms with E-state index in [9.17, 15) is 13.2 Å². The molecule has 1 aromatic carbocycles. The topological polar surface area (TPSA) is 0 Å². The Bertz CT molecular complexity index is 400. The molecule has 0 spiro atoms. The molecule has 0 N–H and O–H groups in total. The quantitative estimate of drug-likeness (QED) is 0.654. The summed E-state index contributed by atoms with van der Waals surface area (Å²) in [5.74, 6) is 0. The van der Waals surface area contributed by atoms with E-state index in [-0.39, 0.29) is 6.71 Å². The Morgan fingerprint density at radius 1 is 0.941 bits per heavy atom. The van der Waals surface area contributed by atoms with Gasteiger partial charge in [0.05, 0.1) is 5.56 Å². The lowest BCUT2D eigenvalue weighted by atomic mass is 9.49. The molecule has 0 aliphatic heterocycles. The van der Waals surface area contributed by atoms with Gasteiger partial charge in [-0.1, -0.05) is 58.1 Å². The van der Waals surface area contributed by atoms with Crippen molar-refractivity contribution in [3.05, 3.63) is 29.3 Å². The lowest BCUT2D eigenvalue weighted by Gasteiger charge is -2.25. The van der Waals surface area contributed by atoms with Crippen LogP contribution in [0.15, 0.2) is 18.2 Å². The van der Waals surface area contributed by atoms with Crippen molar-refractivity contribution in [2.45, 2.75) is 46.0 Å². The Hall–Kier alpha value is -0.925. The largest absolute Gasteiger partial charge is 0.416 e. The summed E-state index contributed by atoms with van der Waals surface area (Å²) in [6.07, 6.45) is -4.28. The summed E-state index contributed by atoms with van der Waals surface area (Å²) in [6.45, 7) is 9.29. The number of alkyl halides is 3. The van der Waals surface area contributed by atoms with E-state index >= 15 is 0 Å². The molecule has 17 heavy (non-hydrogen) atoms. The first kappa shape index (κ1) is 14.1. The van der Waals surface area contributed by atoms with Gasteiger partial charge in [-0.25, -0.2) is 0 Å². The van der Waals surface area contributed by atoms with Crippen molar-refractivity contribution in [3.8, 4) is 0 Å². The predicted molar refractivity (Wildman–Crippen MR) is 67.3 cm³/mol. The number of rotatable bonds is 1. The molecule has 0 radical (unpaired) electrons. The Balaban J connectivity index is 3.43. The molecule has 0 aromatic heterocycles. The van der Waals surface area contributed by atoms with Crippen molar-refractivity contribution >= 4 is 12.2 Å². The zero-order chi connectivity index (χ0) is 13.4. The van der Waals surface area contributed by atoms with E-state index in [0.717, 1.165) is 5.46 Å². The third-order valence-electron chi connectivity index (χ3n) is 2.82. The normalized spacial score (nSPS) is 12.7. The van der Waals surface area contributed by atoms with Crippen LogP contribution in [0.25, 0.3) is 0 Å². The molecule has 0 bridgehead atoms. The fourth-order valence-electron chi connectivity index (χ4n) is 1.81. The number of benzene rings is 1. The Labute approximate surface area is 101 Å². The van der Waals surface area contributed by atoms with Crippen LogP contribution in [-0.2, 0) is 11.6 Å².